The molecule has 106 valence electrons. The largest absolute Gasteiger partial charge is 0.382 e. The van der Waals surface area contributed by atoms with Gasteiger partial charge in [-0.3, -0.25) is 0 Å². The van der Waals surface area contributed by atoms with E-state index in [2.05, 4.69) is 39.7 Å². The Bertz CT molecular complexity index is 512. The Morgan fingerprint density at radius 1 is 1.15 bits per heavy atom. The second-order valence-electron chi connectivity index (χ2n) is 5.55. The van der Waals surface area contributed by atoms with Crippen LogP contribution in [0.2, 0.25) is 0 Å². The van der Waals surface area contributed by atoms with Gasteiger partial charge in [0.05, 0.1) is 6.54 Å². The number of hydrogen-bond donors (Lipinski definition) is 2. The van der Waals surface area contributed by atoms with E-state index in [-0.39, 0.29) is 0 Å². The molecular formula is C15H21N5. The first kappa shape index (κ1) is 13.1. The van der Waals surface area contributed by atoms with Gasteiger partial charge in [0.1, 0.15) is 12.7 Å². The lowest BCUT2D eigenvalue weighted by atomic mass is 9.91. The monoisotopic (exact) mass is 271 g/mol. The molecule has 3 rings (SSSR count). The summed E-state index contributed by atoms with van der Waals surface area (Å²) in [5, 5.41) is 7.71. The summed E-state index contributed by atoms with van der Waals surface area (Å²) in [7, 11) is 0. The minimum atomic E-state index is 0.401. The fourth-order valence-electron chi connectivity index (χ4n) is 2.71. The Hall–Kier alpha value is -1.88. The predicted octanol–water partition coefficient (Wildman–Crippen LogP) is 2.01. The van der Waals surface area contributed by atoms with Gasteiger partial charge < -0.3 is 11.1 Å². The zero-order chi connectivity index (χ0) is 13.8. The number of nitrogens with zero attached hydrogens (tertiary/aromatic N) is 3. The van der Waals surface area contributed by atoms with E-state index >= 15 is 0 Å². The van der Waals surface area contributed by atoms with Crippen molar-refractivity contribution in [3.8, 4) is 0 Å². The van der Waals surface area contributed by atoms with E-state index in [0.717, 1.165) is 19.4 Å². The van der Waals surface area contributed by atoms with Gasteiger partial charge in [-0.15, -0.1) is 0 Å². The van der Waals surface area contributed by atoms with Crippen molar-refractivity contribution in [2.24, 2.45) is 5.73 Å². The van der Waals surface area contributed by atoms with Crippen molar-refractivity contribution < 1.29 is 0 Å². The first-order chi connectivity index (χ1) is 9.79. The standard InChI is InChI=1S/C15H21N5/c16-13-3-7-15(8-4-13)19-14-5-1-12(2-6-14)9-20-11-17-10-18-20/h1-2,5-6,10-11,13,15,19H,3-4,7-9,16H2. The Balaban J connectivity index is 1.56. The van der Waals surface area contributed by atoms with Crippen LogP contribution in [-0.2, 0) is 6.54 Å². The maximum atomic E-state index is 5.93. The summed E-state index contributed by atoms with van der Waals surface area (Å²) >= 11 is 0. The molecule has 1 aromatic carbocycles. The lowest BCUT2D eigenvalue weighted by Gasteiger charge is -2.27. The molecule has 0 amide bonds. The quantitative estimate of drug-likeness (QED) is 0.892. The Kier molecular flexibility index (Phi) is 3.97. The molecule has 3 N–H and O–H groups in total. The number of rotatable bonds is 4. The summed E-state index contributed by atoms with van der Waals surface area (Å²) in [4.78, 5) is 3.95. The molecule has 2 aromatic rings. The first-order valence-corrected chi connectivity index (χ1v) is 7.23. The number of anilines is 1. The molecule has 20 heavy (non-hydrogen) atoms. The first-order valence-electron chi connectivity index (χ1n) is 7.23. The van der Waals surface area contributed by atoms with Gasteiger partial charge in [0.25, 0.3) is 0 Å². The Morgan fingerprint density at radius 3 is 2.55 bits per heavy atom. The molecule has 5 heteroatoms. The van der Waals surface area contributed by atoms with Crippen LogP contribution in [0.1, 0.15) is 31.2 Å². The molecule has 1 aliphatic rings. The Morgan fingerprint density at radius 2 is 1.90 bits per heavy atom. The molecule has 1 heterocycles. The van der Waals surface area contributed by atoms with E-state index < -0.39 is 0 Å². The maximum Gasteiger partial charge on any atom is 0.137 e. The summed E-state index contributed by atoms with van der Waals surface area (Å²) < 4.78 is 1.82. The third kappa shape index (κ3) is 3.36. The number of aromatic nitrogens is 3. The predicted molar refractivity (Wildman–Crippen MR) is 79.4 cm³/mol. The molecule has 0 unspecified atom stereocenters. The highest BCUT2D eigenvalue weighted by Crippen LogP contribution is 2.21. The van der Waals surface area contributed by atoms with Gasteiger partial charge in [0.15, 0.2) is 0 Å². The molecule has 0 atom stereocenters. The summed E-state index contributed by atoms with van der Waals surface area (Å²) in [5.74, 6) is 0. The molecular weight excluding hydrogens is 250 g/mol. The second kappa shape index (κ2) is 6.05. The molecule has 5 nitrogen and oxygen atoms in total. The topological polar surface area (TPSA) is 68.8 Å². The van der Waals surface area contributed by atoms with Gasteiger partial charge in [-0.2, -0.15) is 5.10 Å². The average Bonchev–Trinajstić information content (AvgIpc) is 2.96. The van der Waals surface area contributed by atoms with Crippen molar-refractivity contribution in [3.63, 3.8) is 0 Å². The number of nitrogens with two attached hydrogens (primary N) is 1. The number of benzene rings is 1. The lowest BCUT2D eigenvalue weighted by Crippen LogP contribution is -2.32. The summed E-state index contributed by atoms with van der Waals surface area (Å²) in [5.41, 5.74) is 8.35. The van der Waals surface area contributed by atoms with Crippen LogP contribution < -0.4 is 11.1 Å². The van der Waals surface area contributed by atoms with Crippen molar-refractivity contribution in [2.45, 2.75) is 44.3 Å². The molecule has 0 spiro atoms. The van der Waals surface area contributed by atoms with Crippen molar-refractivity contribution in [3.05, 3.63) is 42.5 Å². The third-order valence-corrected chi connectivity index (χ3v) is 3.91. The Labute approximate surface area is 119 Å². The zero-order valence-corrected chi connectivity index (χ0v) is 11.6. The van der Waals surface area contributed by atoms with Crippen LogP contribution in [0.3, 0.4) is 0 Å². The fourth-order valence-corrected chi connectivity index (χ4v) is 2.71. The van der Waals surface area contributed by atoms with Gasteiger partial charge in [0, 0.05) is 17.8 Å². The second-order valence-corrected chi connectivity index (χ2v) is 5.55. The summed E-state index contributed by atoms with van der Waals surface area (Å²) in [6, 6.07) is 9.52. The van der Waals surface area contributed by atoms with Crippen LogP contribution in [0.15, 0.2) is 36.9 Å². The SMILES string of the molecule is NC1CCC(Nc2ccc(Cn3cncn3)cc2)CC1. The minimum absolute atomic E-state index is 0.401. The van der Waals surface area contributed by atoms with E-state index in [1.807, 2.05) is 4.68 Å². The average molecular weight is 271 g/mol. The zero-order valence-electron chi connectivity index (χ0n) is 11.6. The summed E-state index contributed by atoms with van der Waals surface area (Å²) in [6.45, 7) is 0.762. The van der Waals surface area contributed by atoms with E-state index in [0.29, 0.717) is 12.1 Å². The smallest absolute Gasteiger partial charge is 0.137 e. The normalized spacial score (nSPS) is 22.6. The molecule has 1 aromatic heterocycles. The lowest BCUT2D eigenvalue weighted by molar-refractivity contribution is 0.411. The highest BCUT2D eigenvalue weighted by atomic mass is 15.3. The van der Waals surface area contributed by atoms with E-state index in [1.165, 1.54) is 24.1 Å². The van der Waals surface area contributed by atoms with Crippen LogP contribution in [0.4, 0.5) is 5.69 Å². The van der Waals surface area contributed by atoms with Gasteiger partial charge in [-0.1, -0.05) is 12.1 Å². The van der Waals surface area contributed by atoms with Crippen LogP contribution in [-0.4, -0.2) is 26.8 Å². The van der Waals surface area contributed by atoms with Crippen LogP contribution >= 0.6 is 0 Å². The van der Waals surface area contributed by atoms with Crippen molar-refractivity contribution in [1.29, 1.82) is 0 Å². The summed E-state index contributed by atoms with van der Waals surface area (Å²) in [6.07, 6.45) is 7.88. The molecule has 0 saturated heterocycles. The number of nitrogens with one attached hydrogen (secondary N) is 1. The third-order valence-electron chi connectivity index (χ3n) is 3.91. The van der Waals surface area contributed by atoms with Gasteiger partial charge in [-0.25, -0.2) is 9.67 Å². The molecule has 1 fully saturated rings. The van der Waals surface area contributed by atoms with Gasteiger partial charge in [-0.05, 0) is 43.4 Å². The van der Waals surface area contributed by atoms with Crippen LogP contribution in [0.5, 0.6) is 0 Å². The highest BCUT2D eigenvalue weighted by Gasteiger charge is 2.17. The molecule has 1 aliphatic carbocycles. The van der Waals surface area contributed by atoms with Crippen LogP contribution in [0.25, 0.3) is 0 Å². The van der Waals surface area contributed by atoms with Gasteiger partial charge >= 0.3 is 0 Å². The number of hydrogen-bond acceptors (Lipinski definition) is 4. The fraction of sp³-hybridized carbons (Fsp3) is 0.467. The molecule has 0 bridgehead atoms. The van der Waals surface area contributed by atoms with Crippen molar-refractivity contribution >= 4 is 5.69 Å². The highest BCUT2D eigenvalue weighted by molar-refractivity contribution is 5.45. The van der Waals surface area contributed by atoms with Gasteiger partial charge in [0.2, 0.25) is 0 Å². The molecule has 0 aliphatic heterocycles. The minimum Gasteiger partial charge on any atom is -0.382 e. The van der Waals surface area contributed by atoms with E-state index in [1.54, 1.807) is 12.7 Å². The molecule has 0 radical (unpaired) electrons. The van der Waals surface area contributed by atoms with E-state index in [4.69, 9.17) is 5.73 Å². The maximum absolute atomic E-state index is 5.93. The van der Waals surface area contributed by atoms with Crippen LogP contribution in [0, 0.1) is 0 Å². The van der Waals surface area contributed by atoms with Crippen molar-refractivity contribution in [2.75, 3.05) is 5.32 Å². The molecule has 1 saturated carbocycles. The van der Waals surface area contributed by atoms with E-state index in [9.17, 15) is 0 Å². The van der Waals surface area contributed by atoms with Crippen molar-refractivity contribution in [1.82, 2.24) is 14.8 Å².